The molecule has 1 aromatic carbocycles. The SMILES string of the molecule is CC(C)(CO)COc1ccc(Br)cc1.OB(O)O. The highest BCUT2D eigenvalue weighted by molar-refractivity contribution is 9.10. The molecule has 0 radical (unpaired) electrons. The number of benzene rings is 1. The zero-order valence-electron chi connectivity index (χ0n) is 10.4. The summed E-state index contributed by atoms with van der Waals surface area (Å²) in [6, 6.07) is 7.66. The molecule has 0 heterocycles. The standard InChI is InChI=1S/C11H15BrO2.BH3O3/c1-11(2,7-13)8-14-10-5-3-9(12)4-6-10;2-1(3)4/h3-6,13H,7-8H2,1-2H3;2-4H. The van der Waals surface area contributed by atoms with E-state index >= 15 is 0 Å². The third kappa shape index (κ3) is 9.44. The van der Waals surface area contributed by atoms with Gasteiger partial charge in [0, 0.05) is 9.89 Å². The Balaban J connectivity index is 0.000000631. The van der Waals surface area contributed by atoms with Gasteiger partial charge in [-0.05, 0) is 24.3 Å². The van der Waals surface area contributed by atoms with E-state index in [9.17, 15) is 0 Å². The van der Waals surface area contributed by atoms with Crippen LogP contribution in [0.5, 0.6) is 5.75 Å². The Morgan fingerprint density at radius 3 is 2.00 bits per heavy atom. The van der Waals surface area contributed by atoms with Crippen LogP contribution in [-0.4, -0.2) is 40.7 Å². The molecule has 0 aliphatic carbocycles. The van der Waals surface area contributed by atoms with E-state index in [-0.39, 0.29) is 12.0 Å². The summed E-state index contributed by atoms with van der Waals surface area (Å²) >= 11 is 3.35. The third-order valence-corrected chi connectivity index (χ3v) is 2.40. The molecule has 0 amide bonds. The normalized spacial score (nSPS) is 10.4. The lowest BCUT2D eigenvalue weighted by Gasteiger charge is -2.21. The van der Waals surface area contributed by atoms with E-state index in [1.807, 2.05) is 38.1 Å². The highest BCUT2D eigenvalue weighted by Crippen LogP contribution is 2.19. The summed E-state index contributed by atoms with van der Waals surface area (Å²) in [5.41, 5.74) is -0.187. The summed E-state index contributed by atoms with van der Waals surface area (Å²) in [5, 5.41) is 30.5. The van der Waals surface area contributed by atoms with Crippen molar-refractivity contribution in [1.29, 1.82) is 0 Å². The first kappa shape index (κ1) is 17.4. The summed E-state index contributed by atoms with van der Waals surface area (Å²) in [6.45, 7) is 4.58. The van der Waals surface area contributed by atoms with Gasteiger partial charge in [-0.2, -0.15) is 0 Å². The van der Waals surface area contributed by atoms with E-state index < -0.39 is 7.32 Å². The largest absolute Gasteiger partial charge is 0.631 e. The molecule has 0 fully saturated rings. The number of hydrogen-bond donors (Lipinski definition) is 4. The fourth-order valence-electron chi connectivity index (χ4n) is 0.855. The maximum Gasteiger partial charge on any atom is 0.631 e. The van der Waals surface area contributed by atoms with Gasteiger partial charge in [0.05, 0.1) is 13.2 Å². The Labute approximate surface area is 115 Å². The lowest BCUT2D eigenvalue weighted by atomic mass is 9.97. The maximum absolute atomic E-state index is 9.03. The van der Waals surface area contributed by atoms with E-state index in [0.29, 0.717) is 6.61 Å². The molecule has 0 atom stereocenters. The number of aliphatic hydroxyl groups excluding tert-OH is 1. The molecular formula is C11H18BBrO5. The molecular weight excluding hydrogens is 303 g/mol. The fourth-order valence-corrected chi connectivity index (χ4v) is 1.12. The van der Waals surface area contributed by atoms with Crippen LogP contribution < -0.4 is 4.74 Å². The van der Waals surface area contributed by atoms with E-state index in [0.717, 1.165) is 10.2 Å². The Morgan fingerprint density at radius 2 is 1.61 bits per heavy atom. The fraction of sp³-hybridized carbons (Fsp3) is 0.455. The van der Waals surface area contributed by atoms with E-state index in [1.165, 1.54) is 0 Å². The average molecular weight is 321 g/mol. The first-order valence-corrected chi connectivity index (χ1v) is 6.09. The van der Waals surface area contributed by atoms with Gasteiger partial charge < -0.3 is 24.9 Å². The molecule has 0 aromatic heterocycles. The minimum atomic E-state index is -2.17. The third-order valence-electron chi connectivity index (χ3n) is 1.87. The summed E-state index contributed by atoms with van der Waals surface area (Å²) < 4.78 is 6.57. The Hall–Kier alpha value is -0.595. The van der Waals surface area contributed by atoms with Crippen LogP contribution >= 0.6 is 15.9 Å². The molecule has 0 bridgehead atoms. The van der Waals surface area contributed by atoms with Crippen molar-refractivity contribution in [2.45, 2.75) is 13.8 Å². The van der Waals surface area contributed by atoms with Crippen LogP contribution in [0.15, 0.2) is 28.7 Å². The molecule has 0 spiro atoms. The van der Waals surface area contributed by atoms with Crippen LogP contribution in [0.4, 0.5) is 0 Å². The zero-order chi connectivity index (χ0) is 14.2. The minimum Gasteiger partial charge on any atom is -0.493 e. The number of hydrogen-bond acceptors (Lipinski definition) is 5. The molecule has 7 heteroatoms. The summed E-state index contributed by atoms with van der Waals surface area (Å²) in [6.07, 6.45) is 0. The lowest BCUT2D eigenvalue weighted by Crippen LogP contribution is -2.25. The summed E-state index contributed by atoms with van der Waals surface area (Å²) in [4.78, 5) is 0. The second kappa shape index (κ2) is 8.50. The van der Waals surface area contributed by atoms with Crippen molar-refractivity contribution in [2.24, 2.45) is 5.41 Å². The molecule has 0 aliphatic rings. The molecule has 4 N–H and O–H groups in total. The Bertz CT molecular complexity index is 326. The van der Waals surface area contributed by atoms with Gasteiger partial charge in [0.1, 0.15) is 5.75 Å². The van der Waals surface area contributed by atoms with E-state index in [4.69, 9.17) is 24.9 Å². The van der Waals surface area contributed by atoms with Crippen molar-refractivity contribution >= 4 is 23.3 Å². The van der Waals surface area contributed by atoms with Gasteiger partial charge in [-0.15, -0.1) is 0 Å². The first-order chi connectivity index (χ1) is 8.26. The average Bonchev–Trinajstić information content (AvgIpc) is 2.28. The van der Waals surface area contributed by atoms with E-state index in [2.05, 4.69) is 15.9 Å². The highest BCUT2D eigenvalue weighted by Gasteiger charge is 2.17. The zero-order valence-corrected chi connectivity index (χ0v) is 12.0. The lowest BCUT2D eigenvalue weighted by molar-refractivity contribution is 0.0975. The van der Waals surface area contributed by atoms with Crippen LogP contribution in [0.2, 0.25) is 0 Å². The predicted octanol–water partition coefficient (Wildman–Crippen LogP) is 0.795. The molecule has 5 nitrogen and oxygen atoms in total. The van der Waals surface area contributed by atoms with Gasteiger partial charge in [0.2, 0.25) is 0 Å². The van der Waals surface area contributed by atoms with Crippen LogP contribution in [0.1, 0.15) is 13.8 Å². The smallest absolute Gasteiger partial charge is 0.493 e. The first-order valence-electron chi connectivity index (χ1n) is 5.30. The van der Waals surface area contributed by atoms with Crippen molar-refractivity contribution < 1.29 is 24.9 Å². The monoisotopic (exact) mass is 320 g/mol. The van der Waals surface area contributed by atoms with Crippen LogP contribution in [0.3, 0.4) is 0 Å². The molecule has 0 saturated carbocycles. The van der Waals surface area contributed by atoms with E-state index in [1.54, 1.807) is 0 Å². The molecule has 0 saturated heterocycles. The summed E-state index contributed by atoms with van der Waals surface area (Å²) in [7, 11) is -2.17. The quantitative estimate of drug-likeness (QED) is 0.616. The van der Waals surface area contributed by atoms with Crippen molar-refractivity contribution in [3.63, 3.8) is 0 Å². The van der Waals surface area contributed by atoms with Crippen molar-refractivity contribution in [3.05, 3.63) is 28.7 Å². The maximum atomic E-state index is 9.03. The van der Waals surface area contributed by atoms with Crippen molar-refractivity contribution in [2.75, 3.05) is 13.2 Å². The Morgan fingerprint density at radius 1 is 1.17 bits per heavy atom. The van der Waals surface area contributed by atoms with Crippen LogP contribution in [-0.2, 0) is 0 Å². The second-order valence-electron chi connectivity index (χ2n) is 4.41. The number of ether oxygens (including phenoxy) is 1. The summed E-state index contributed by atoms with van der Waals surface area (Å²) in [5.74, 6) is 0.828. The number of aliphatic hydroxyl groups is 1. The molecule has 0 unspecified atom stereocenters. The van der Waals surface area contributed by atoms with Gasteiger partial charge in [0.25, 0.3) is 0 Å². The van der Waals surface area contributed by atoms with Gasteiger partial charge in [-0.1, -0.05) is 29.8 Å². The highest BCUT2D eigenvalue weighted by atomic mass is 79.9. The number of halogens is 1. The van der Waals surface area contributed by atoms with Crippen LogP contribution in [0.25, 0.3) is 0 Å². The predicted molar refractivity (Wildman–Crippen MR) is 72.9 cm³/mol. The molecule has 102 valence electrons. The Kier molecular flexibility index (Phi) is 8.22. The van der Waals surface area contributed by atoms with Crippen molar-refractivity contribution in [3.8, 4) is 5.75 Å². The topological polar surface area (TPSA) is 90.2 Å². The molecule has 0 aliphatic heterocycles. The van der Waals surface area contributed by atoms with Gasteiger partial charge in [0.15, 0.2) is 0 Å². The molecule has 18 heavy (non-hydrogen) atoms. The van der Waals surface area contributed by atoms with Gasteiger partial charge in [-0.25, -0.2) is 0 Å². The second-order valence-corrected chi connectivity index (χ2v) is 5.33. The number of rotatable bonds is 4. The minimum absolute atomic E-state index is 0.129. The molecule has 1 rings (SSSR count). The van der Waals surface area contributed by atoms with Crippen LogP contribution in [0, 0.1) is 5.41 Å². The van der Waals surface area contributed by atoms with Gasteiger partial charge in [-0.3, -0.25) is 0 Å². The van der Waals surface area contributed by atoms with Gasteiger partial charge >= 0.3 is 7.32 Å². The molecule has 1 aromatic rings. The van der Waals surface area contributed by atoms with Crippen molar-refractivity contribution in [1.82, 2.24) is 0 Å².